The van der Waals surface area contributed by atoms with Crippen LogP contribution in [0.5, 0.6) is 5.75 Å². The lowest BCUT2D eigenvalue weighted by Gasteiger charge is -2.38. The Balaban J connectivity index is 1.78. The van der Waals surface area contributed by atoms with Crippen LogP contribution in [-0.2, 0) is 16.6 Å². The summed E-state index contributed by atoms with van der Waals surface area (Å²) in [7, 11) is 1.24. The molecule has 1 heterocycles. The fourth-order valence-electron chi connectivity index (χ4n) is 3.57. The van der Waals surface area contributed by atoms with Crippen molar-refractivity contribution in [2.75, 3.05) is 21.1 Å². The molecule has 2 N–H and O–H groups in total. The van der Waals surface area contributed by atoms with E-state index >= 15 is 0 Å². The van der Waals surface area contributed by atoms with Crippen molar-refractivity contribution in [2.24, 2.45) is 4.99 Å². The number of hydrogen-bond acceptors (Lipinski definition) is 4. The minimum Gasteiger partial charge on any atom is -0.487 e. The molecule has 3 rings (SSSR count). The molecular weight excluding hydrogens is 400 g/mol. The molecule has 7 nitrogen and oxygen atoms in total. The molecule has 30 heavy (non-hydrogen) atoms. The molecule has 0 fully saturated rings. The molecule has 0 spiro atoms. The van der Waals surface area contributed by atoms with E-state index in [0.29, 0.717) is 18.1 Å². The van der Waals surface area contributed by atoms with Crippen molar-refractivity contribution in [3.63, 3.8) is 0 Å². The van der Waals surface area contributed by atoms with Gasteiger partial charge in [0.1, 0.15) is 11.4 Å². The Hall–Kier alpha value is -2.58. The second-order valence-electron chi connectivity index (χ2n) is 8.12. The van der Waals surface area contributed by atoms with Crippen molar-refractivity contribution in [1.29, 1.82) is 0 Å². The fraction of sp³-hybridized carbons (Fsp3) is 0.409. The van der Waals surface area contributed by atoms with Gasteiger partial charge < -0.3 is 15.4 Å². The molecule has 1 aliphatic heterocycles. The molecule has 1 unspecified atom stereocenters. The van der Waals surface area contributed by atoms with E-state index in [1.807, 2.05) is 30.3 Å². The Morgan fingerprint density at radius 2 is 1.83 bits per heavy atom. The van der Waals surface area contributed by atoms with Crippen LogP contribution in [0, 0.1) is 0 Å². The van der Waals surface area contributed by atoms with Crippen molar-refractivity contribution in [2.45, 2.75) is 43.4 Å². The number of fused-ring (bicyclic) bond motifs is 1. The first kappa shape index (κ1) is 22.1. The van der Waals surface area contributed by atoms with Gasteiger partial charge in [-0.05, 0) is 31.5 Å². The zero-order valence-corrected chi connectivity index (χ0v) is 19.0. The number of benzene rings is 2. The molecular formula is C22H30N4O3S. The highest BCUT2D eigenvalue weighted by Gasteiger charge is 2.34. The first-order chi connectivity index (χ1) is 14.1. The van der Waals surface area contributed by atoms with Gasteiger partial charge in [-0.3, -0.25) is 4.99 Å². The van der Waals surface area contributed by atoms with Crippen LogP contribution in [0.25, 0.3) is 0 Å². The zero-order chi connectivity index (χ0) is 21.9. The van der Waals surface area contributed by atoms with E-state index in [0.717, 1.165) is 17.7 Å². The molecule has 2 aromatic rings. The molecule has 162 valence electrons. The van der Waals surface area contributed by atoms with Gasteiger partial charge in [0.05, 0.1) is 10.9 Å². The average Bonchev–Trinajstić information content (AvgIpc) is 2.70. The Kier molecular flexibility index (Phi) is 6.38. The number of nitrogens with one attached hydrogen (secondary N) is 2. The third-order valence-electron chi connectivity index (χ3n) is 5.09. The Morgan fingerprint density at radius 1 is 1.17 bits per heavy atom. The lowest BCUT2D eigenvalue weighted by Crippen LogP contribution is -2.45. The molecule has 0 aromatic heterocycles. The summed E-state index contributed by atoms with van der Waals surface area (Å²) in [5.41, 5.74) is 1.45. The summed E-state index contributed by atoms with van der Waals surface area (Å²) in [6, 6.07) is 15.0. The maximum atomic E-state index is 12.6. The second kappa shape index (κ2) is 8.65. The summed E-state index contributed by atoms with van der Waals surface area (Å²) in [4.78, 5) is 4.63. The summed E-state index contributed by atoms with van der Waals surface area (Å²) < 4.78 is 32.6. The first-order valence-electron chi connectivity index (χ1n) is 9.89. The lowest BCUT2D eigenvalue weighted by atomic mass is 9.90. The van der Waals surface area contributed by atoms with E-state index in [1.54, 1.807) is 19.2 Å². The SMILES string of the molecule is CN=C(NCc1ccccc1S(=O)(=O)N(C)C)NC1CC(C)(C)Oc2ccccc21. The topological polar surface area (TPSA) is 83.0 Å². The van der Waals surface area contributed by atoms with Gasteiger partial charge in [0.2, 0.25) is 10.0 Å². The third-order valence-corrected chi connectivity index (χ3v) is 7.00. The average molecular weight is 431 g/mol. The third kappa shape index (κ3) is 4.76. The highest BCUT2D eigenvalue weighted by Crippen LogP contribution is 2.39. The van der Waals surface area contributed by atoms with Gasteiger partial charge in [0, 0.05) is 39.7 Å². The van der Waals surface area contributed by atoms with Gasteiger partial charge in [0.25, 0.3) is 0 Å². The Bertz CT molecular complexity index is 1030. The normalized spacial score (nSPS) is 18.5. The standard InChI is InChI=1S/C22H30N4O3S/c1-22(2)14-18(17-11-7-8-12-19(17)29-22)25-21(23-3)24-15-16-10-6-9-13-20(16)30(27,28)26(4)5/h6-13,18H,14-15H2,1-5H3,(H2,23,24,25). The molecule has 1 aliphatic rings. The maximum Gasteiger partial charge on any atom is 0.242 e. The predicted molar refractivity (Wildman–Crippen MR) is 119 cm³/mol. The van der Waals surface area contributed by atoms with Crippen molar-refractivity contribution >= 4 is 16.0 Å². The van der Waals surface area contributed by atoms with E-state index < -0.39 is 10.0 Å². The molecule has 2 aromatic carbocycles. The Labute approximate surface area is 179 Å². The quantitative estimate of drug-likeness (QED) is 0.563. The van der Waals surface area contributed by atoms with E-state index in [4.69, 9.17) is 4.74 Å². The number of hydrogen-bond donors (Lipinski definition) is 2. The van der Waals surface area contributed by atoms with Crippen LogP contribution in [0.2, 0.25) is 0 Å². The van der Waals surface area contributed by atoms with E-state index in [1.165, 1.54) is 18.4 Å². The summed E-state index contributed by atoms with van der Waals surface area (Å²) >= 11 is 0. The van der Waals surface area contributed by atoms with Crippen molar-refractivity contribution in [3.8, 4) is 5.75 Å². The summed E-state index contributed by atoms with van der Waals surface area (Å²) in [6.07, 6.45) is 0.774. The monoisotopic (exact) mass is 430 g/mol. The van der Waals surface area contributed by atoms with Crippen molar-refractivity contribution in [1.82, 2.24) is 14.9 Å². The highest BCUT2D eigenvalue weighted by molar-refractivity contribution is 7.89. The number of sulfonamides is 1. The van der Waals surface area contributed by atoms with Gasteiger partial charge in [-0.15, -0.1) is 0 Å². The largest absolute Gasteiger partial charge is 0.487 e. The van der Waals surface area contributed by atoms with Crippen LogP contribution >= 0.6 is 0 Å². The van der Waals surface area contributed by atoms with Crippen molar-refractivity contribution < 1.29 is 13.2 Å². The number of nitrogens with zero attached hydrogens (tertiary/aromatic N) is 2. The van der Waals surface area contributed by atoms with E-state index in [-0.39, 0.29) is 16.5 Å². The summed E-state index contributed by atoms with van der Waals surface area (Å²) in [5, 5.41) is 6.73. The first-order valence-corrected chi connectivity index (χ1v) is 11.3. The van der Waals surface area contributed by atoms with Gasteiger partial charge in [-0.25, -0.2) is 12.7 Å². The minimum atomic E-state index is -3.53. The number of para-hydroxylation sites is 1. The van der Waals surface area contributed by atoms with Gasteiger partial charge >= 0.3 is 0 Å². The molecule has 0 saturated carbocycles. The smallest absolute Gasteiger partial charge is 0.242 e. The van der Waals surface area contributed by atoms with Crippen LogP contribution < -0.4 is 15.4 Å². The van der Waals surface area contributed by atoms with Crippen LogP contribution in [-0.4, -0.2) is 45.4 Å². The van der Waals surface area contributed by atoms with Gasteiger partial charge in [-0.1, -0.05) is 36.4 Å². The number of aliphatic imine (C=N–C) groups is 1. The van der Waals surface area contributed by atoms with Crippen molar-refractivity contribution in [3.05, 3.63) is 59.7 Å². The zero-order valence-electron chi connectivity index (χ0n) is 18.1. The van der Waals surface area contributed by atoms with Crippen LogP contribution in [0.4, 0.5) is 0 Å². The molecule has 0 bridgehead atoms. The fourth-order valence-corrected chi connectivity index (χ4v) is 4.68. The molecule has 0 aliphatic carbocycles. The highest BCUT2D eigenvalue weighted by atomic mass is 32.2. The van der Waals surface area contributed by atoms with Gasteiger partial charge in [0.15, 0.2) is 5.96 Å². The van der Waals surface area contributed by atoms with E-state index in [9.17, 15) is 8.42 Å². The Morgan fingerprint density at radius 3 is 2.53 bits per heavy atom. The molecule has 0 amide bonds. The maximum absolute atomic E-state index is 12.6. The molecule has 0 saturated heterocycles. The van der Waals surface area contributed by atoms with E-state index in [2.05, 4.69) is 35.5 Å². The lowest BCUT2D eigenvalue weighted by molar-refractivity contribution is 0.0694. The minimum absolute atomic E-state index is 0.0249. The molecule has 0 radical (unpaired) electrons. The molecule has 8 heteroatoms. The summed E-state index contributed by atoms with van der Waals surface area (Å²) in [5.74, 6) is 1.47. The van der Waals surface area contributed by atoms with Crippen LogP contribution in [0.15, 0.2) is 58.4 Å². The number of ether oxygens (including phenoxy) is 1. The van der Waals surface area contributed by atoms with Crippen LogP contribution in [0.1, 0.15) is 37.4 Å². The molecule has 1 atom stereocenters. The summed E-state index contributed by atoms with van der Waals surface area (Å²) in [6.45, 7) is 4.46. The predicted octanol–water partition coefficient (Wildman–Crippen LogP) is 2.90. The van der Waals surface area contributed by atoms with Gasteiger partial charge in [-0.2, -0.15) is 0 Å². The second-order valence-corrected chi connectivity index (χ2v) is 10.2. The number of rotatable bonds is 5. The number of guanidine groups is 1. The van der Waals surface area contributed by atoms with Crippen LogP contribution in [0.3, 0.4) is 0 Å².